The van der Waals surface area contributed by atoms with Crippen molar-refractivity contribution in [3.05, 3.63) is 47.6 Å². The molecule has 0 saturated heterocycles. The fourth-order valence-corrected chi connectivity index (χ4v) is 2.96. The normalized spacial score (nSPS) is 14.2. The summed E-state index contributed by atoms with van der Waals surface area (Å²) in [6.45, 7) is 3.42. The van der Waals surface area contributed by atoms with Gasteiger partial charge in [-0.2, -0.15) is 0 Å². The molecule has 0 unspecified atom stereocenters. The topological polar surface area (TPSA) is 73.0 Å². The van der Waals surface area contributed by atoms with E-state index in [1.54, 1.807) is 6.07 Å². The molecular formula is C18H20N4O2. The Morgan fingerprint density at radius 3 is 3.04 bits per heavy atom. The molecule has 1 N–H and O–H groups in total. The standard InChI is InChI=1S/C18H20N4O2/c1-12-20-14-5-2-3-6-16(14)22(12)10-4-9-19-18(23)15-11-17(24-21-15)13-7-8-13/h2-3,5-6,11,13H,4,7-10H2,1H3,(H,19,23). The van der Waals surface area contributed by atoms with Crippen LogP contribution in [0.25, 0.3) is 11.0 Å². The van der Waals surface area contributed by atoms with Gasteiger partial charge in [-0.25, -0.2) is 4.98 Å². The van der Waals surface area contributed by atoms with Crippen molar-refractivity contribution in [2.75, 3.05) is 6.54 Å². The highest BCUT2D eigenvalue weighted by Gasteiger charge is 2.28. The Labute approximate surface area is 139 Å². The minimum absolute atomic E-state index is 0.169. The van der Waals surface area contributed by atoms with E-state index in [4.69, 9.17) is 4.52 Å². The van der Waals surface area contributed by atoms with Gasteiger partial charge in [0.15, 0.2) is 5.69 Å². The molecule has 1 saturated carbocycles. The maximum absolute atomic E-state index is 12.1. The SMILES string of the molecule is Cc1nc2ccccc2n1CCCNC(=O)c1cc(C2CC2)on1. The van der Waals surface area contributed by atoms with Gasteiger partial charge in [0, 0.05) is 25.1 Å². The van der Waals surface area contributed by atoms with Gasteiger partial charge >= 0.3 is 0 Å². The van der Waals surface area contributed by atoms with Crippen LogP contribution in [0.1, 0.15) is 47.3 Å². The van der Waals surface area contributed by atoms with E-state index in [-0.39, 0.29) is 5.91 Å². The van der Waals surface area contributed by atoms with Gasteiger partial charge < -0.3 is 14.4 Å². The number of aromatic nitrogens is 3. The van der Waals surface area contributed by atoms with Crippen molar-refractivity contribution >= 4 is 16.9 Å². The maximum Gasteiger partial charge on any atom is 0.273 e. The number of rotatable bonds is 6. The predicted octanol–water partition coefficient (Wildman–Crippen LogP) is 3.03. The summed E-state index contributed by atoms with van der Waals surface area (Å²) in [5.74, 6) is 2.13. The number of nitrogens with one attached hydrogen (secondary N) is 1. The predicted molar refractivity (Wildman–Crippen MR) is 89.9 cm³/mol. The fraction of sp³-hybridized carbons (Fsp3) is 0.389. The second-order valence-corrected chi connectivity index (χ2v) is 6.30. The lowest BCUT2D eigenvalue weighted by atomic mass is 10.2. The van der Waals surface area contributed by atoms with Crippen molar-refractivity contribution in [2.24, 2.45) is 0 Å². The number of benzene rings is 1. The third-order valence-corrected chi connectivity index (χ3v) is 4.43. The number of para-hydroxylation sites is 2. The molecule has 1 amide bonds. The summed E-state index contributed by atoms with van der Waals surface area (Å²) in [6, 6.07) is 9.86. The molecule has 0 aliphatic heterocycles. The summed E-state index contributed by atoms with van der Waals surface area (Å²) >= 11 is 0. The van der Waals surface area contributed by atoms with E-state index in [2.05, 4.69) is 26.1 Å². The lowest BCUT2D eigenvalue weighted by molar-refractivity contribution is 0.0943. The zero-order chi connectivity index (χ0) is 16.5. The summed E-state index contributed by atoms with van der Waals surface area (Å²) in [4.78, 5) is 16.6. The molecular weight excluding hydrogens is 304 g/mol. The van der Waals surface area contributed by atoms with Crippen LogP contribution in [-0.4, -0.2) is 27.2 Å². The molecule has 2 heterocycles. The Kier molecular flexibility index (Phi) is 3.80. The smallest absolute Gasteiger partial charge is 0.273 e. The number of hydrogen-bond donors (Lipinski definition) is 1. The molecule has 0 spiro atoms. The number of fused-ring (bicyclic) bond motifs is 1. The number of carbonyl (C=O) groups is 1. The van der Waals surface area contributed by atoms with Crippen molar-refractivity contribution in [2.45, 2.75) is 38.6 Å². The van der Waals surface area contributed by atoms with Gasteiger partial charge in [0.25, 0.3) is 5.91 Å². The number of imidazole rings is 1. The third-order valence-electron chi connectivity index (χ3n) is 4.43. The fourth-order valence-electron chi connectivity index (χ4n) is 2.96. The van der Waals surface area contributed by atoms with Gasteiger partial charge in [-0.3, -0.25) is 4.79 Å². The lowest BCUT2D eigenvalue weighted by Crippen LogP contribution is -2.25. The van der Waals surface area contributed by atoms with Crippen molar-refractivity contribution in [1.82, 2.24) is 20.0 Å². The van der Waals surface area contributed by atoms with Crippen molar-refractivity contribution in [3.8, 4) is 0 Å². The van der Waals surface area contributed by atoms with E-state index in [0.29, 0.717) is 18.2 Å². The quantitative estimate of drug-likeness (QED) is 0.707. The molecule has 0 bridgehead atoms. The van der Waals surface area contributed by atoms with Crippen LogP contribution < -0.4 is 5.32 Å². The van der Waals surface area contributed by atoms with E-state index >= 15 is 0 Å². The van der Waals surface area contributed by atoms with Crippen LogP contribution in [0.5, 0.6) is 0 Å². The number of aryl methyl sites for hydroxylation is 2. The Bertz CT molecular complexity index is 876. The largest absolute Gasteiger partial charge is 0.360 e. The van der Waals surface area contributed by atoms with Crippen LogP contribution in [0, 0.1) is 6.92 Å². The minimum atomic E-state index is -0.169. The summed E-state index contributed by atoms with van der Waals surface area (Å²) in [5.41, 5.74) is 2.52. The molecule has 1 aliphatic rings. The number of amides is 1. The summed E-state index contributed by atoms with van der Waals surface area (Å²) in [6.07, 6.45) is 3.10. The number of hydrogen-bond acceptors (Lipinski definition) is 4. The van der Waals surface area contributed by atoms with Crippen LogP contribution in [0.15, 0.2) is 34.9 Å². The molecule has 1 fully saturated rings. The van der Waals surface area contributed by atoms with E-state index in [0.717, 1.165) is 48.4 Å². The first-order valence-electron chi connectivity index (χ1n) is 8.39. The second kappa shape index (κ2) is 6.11. The maximum atomic E-state index is 12.1. The zero-order valence-electron chi connectivity index (χ0n) is 13.7. The minimum Gasteiger partial charge on any atom is -0.360 e. The average Bonchev–Trinajstić information content (AvgIpc) is 3.23. The van der Waals surface area contributed by atoms with Gasteiger partial charge in [0.05, 0.1) is 11.0 Å². The molecule has 6 nitrogen and oxygen atoms in total. The zero-order valence-corrected chi connectivity index (χ0v) is 13.7. The number of nitrogens with zero attached hydrogens (tertiary/aromatic N) is 3. The van der Waals surface area contributed by atoms with E-state index < -0.39 is 0 Å². The van der Waals surface area contributed by atoms with Crippen molar-refractivity contribution < 1.29 is 9.32 Å². The van der Waals surface area contributed by atoms with Crippen LogP contribution in [-0.2, 0) is 6.54 Å². The van der Waals surface area contributed by atoms with Gasteiger partial charge in [-0.1, -0.05) is 17.3 Å². The third kappa shape index (κ3) is 2.91. The molecule has 3 aromatic rings. The molecule has 6 heteroatoms. The number of carbonyl (C=O) groups excluding carboxylic acids is 1. The van der Waals surface area contributed by atoms with Crippen molar-refractivity contribution in [3.63, 3.8) is 0 Å². The van der Waals surface area contributed by atoms with E-state index in [1.165, 1.54) is 0 Å². The van der Waals surface area contributed by atoms with Gasteiger partial charge in [0.2, 0.25) is 0 Å². The first kappa shape index (κ1) is 14.9. The highest BCUT2D eigenvalue weighted by atomic mass is 16.5. The van der Waals surface area contributed by atoms with Crippen LogP contribution in [0.3, 0.4) is 0 Å². The molecule has 0 atom stereocenters. The van der Waals surface area contributed by atoms with Gasteiger partial charge in [-0.15, -0.1) is 0 Å². The summed E-state index contributed by atoms with van der Waals surface area (Å²) < 4.78 is 7.40. The highest BCUT2D eigenvalue weighted by molar-refractivity contribution is 5.92. The average molecular weight is 324 g/mol. The van der Waals surface area contributed by atoms with Crippen LogP contribution in [0.2, 0.25) is 0 Å². The summed E-state index contributed by atoms with van der Waals surface area (Å²) in [5, 5.41) is 6.77. The molecule has 24 heavy (non-hydrogen) atoms. The molecule has 124 valence electrons. The van der Waals surface area contributed by atoms with Gasteiger partial charge in [0.1, 0.15) is 11.6 Å². The van der Waals surface area contributed by atoms with Crippen LogP contribution in [0.4, 0.5) is 0 Å². The van der Waals surface area contributed by atoms with Gasteiger partial charge in [-0.05, 0) is 38.3 Å². The molecule has 2 aromatic heterocycles. The highest BCUT2D eigenvalue weighted by Crippen LogP contribution is 2.40. The summed E-state index contributed by atoms with van der Waals surface area (Å²) in [7, 11) is 0. The first-order chi connectivity index (χ1) is 11.7. The van der Waals surface area contributed by atoms with E-state index in [9.17, 15) is 4.79 Å². The monoisotopic (exact) mass is 324 g/mol. The van der Waals surface area contributed by atoms with E-state index in [1.807, 2.05) is 25.1 Å². The Morgan fingerprint density at radius 1 is 1.38 bits per heavy atom. The first-order valence-corrected chi connectivity index (χ1v) is 8.39. The lowest BCUT2D eigenvalue weighted by Gasteiger charge is -2.07. The molecule has 0 radical (unpaired) electrons. The molecule has 1 aliphatic carbocycles. The van der Waals surface area contributed by atoms with Crippen LogP contribution >= 0.6 is 0 Å². The van der Waals surface area contributed by atoms with Crippen molar-refractivity contribution in [1.29, 1.82) is 0 Å². The molecule has 4 rings (SSSR count). The molecule has 1 aromatic carbocycles. The Balaban J connectivity index is 1.32. The second-order valence-electron chi connectivity index (χ2n) is 6.30. The Hall–Kier alpha value is -2.63. The Morgan fingerprint density at radius 2 is 2.21 bits per heavy atom.